The molecule has 0 bridgehead atoms. The number of hydrogen-bond acceptors (Lipinski definition) is 3. The fraction of sp³-hybridized carbons (Fsp3) is 0.154. The first-order chi connectivity index (χ1) is 8.69. The van der Waals surface area contributed by atoms with Gasteiger partial charge in [0.05, 0.1) is 5.69 Å². The highest BCUT2D eigenvalue weighted by Crippen LogP contribution is 2.23. The Labute approximate surface area is 123 Å². The number of benzene rings is 1. The molecule has 0 radical (unpaired) electrons. The predicted octanol–water partition coefficient (Wildman–Crippen LogP) is 3.64. The Balaban J connectivity index is 2.08. The molecule has 0 aliphatic heterocycles. The van der Waals surface area contributed by atoms with Crippen molar-refractivity contribution in [1.29, 1.82) is 0 Å². The van der Waals surface area contributed by atoms with Gasteiger partial charge in [-0.05, 0) is 46.3 Å². The molecule has 2 aromatic rings. The average molecular weight is 372 g/mol. The molecule has 0 unspecified atom stereocenters. The molecule has 1 heterocycles. The van der Waals surface area contributed by atoms with Crippen molar-refractivity contribution >= 4 is 31.9 Å². The molecule has 0 amide bonds. The summed E-state index contributed by atoms with van der Waals surface area (Å²) in [6, 6.07) is 9.67. The zero-order valence-corrected chi connectivity index (χ0v) is 12.7. The number of pyridine rings is 1. The summed E-state index contributed by atoms with van der Waals surface area (Å²) < 4.78 is 7.68. The van der Waals surface area contributed by atoms with Gasteiger partial charge in [0.2, 0.25) is 0 Å². The Bertz CT molecular complexity index is 529. The van der Waals surface area contributed by atoms with Crippen LogP contribution in [0.25, 0.3) is 0 Å². The van der Waals surface area contributed by atoms with Crippen molar-refractivity contribution in [2.24, 2.45) is 5.73 Å². The van der Waals surface area contributed by atoms with Crippen molar-refractivity contribution in [3.8, 4) is 5.75 Å². The summed E-state index contributed by atoms with van der Waals surface area (Å²) in [5.74, 6) is 0.797. The minimum atomic E-state index is 0.432. The van der Waals surface area contributed by atoms with E-state index < -0.39 is 0 Å². The maximum atomic E-state index is 5.73. The molecule has 0 fully saturated rings. The lowest BCUT2D eigenvalue weighted by Crippen LogP contribution is -2.03. The molecule has 0 aliphatic carbocycles. The molecular formula is C13H12Br2N2O. The van der Waals surface area contributed by atoms with Gasteiger partial charge in [0.15, 0.2) is 0 Å². The number of aromatic nitrogens is 1. The van der Waals surface area contributed by atoms with Crippen LogP contribution in [0.1, 0.15) is 11.3 Å². The molecule has 1 aromatic carbocycles. The minimum Gasteiger partial charge on any atom is -0.487 e. The normalized spacial score (nSPS) is 10.4. The Morgan fingerprint density at radius 2 is 1.89 bits per heavy atom. The highest BCUT2D eigenvalue weighted by molar-refractivity contribution is 9.10. The van der Waals surface area contributed by atoms with Crippen molar-refractivity contribution in [1.82, 2.24) is 4.98 Å². The molecule has 2 N–H and O–H groups in total. The van der Waals surface area contributed by atoms with Gasteiger partial charge in [-0.1, -0.05) is 15.9 Å². The third-order valence-corrected chi connectivity index (χ3v) is 3.37. The van der Waals surface area contributed by atoms with E-state index in [1.807, 2.05) is 30.3 Å². The van der Waals surface area contributed by atoms with Gasteiger partial charge >= 0.3 is 0 Å². The second-order valence-electron chi connectivity index (χ2n) is 3.71. The van der Waals surface area contributed by atoms with Gasteiger partial charge in [0.25, 0.3) is 0 Å². The summed E-state index contributed by atoms with van der Waals surface area (Å²) in [4.78, 5) is 4.25. The van der Waals surface area contributed by atoms with E-state index in [1.165, 1.54) is 0 Å². The average Bonchev–Trinajstić information content (AvgIpc) is 2.39. The van der Waals surface area contributed by atoms with E-state index in [9.17, 15) is 0 Å². The van der Waals surface area contributed by atoms with E-state index in [2.05, 4.69) is 36.8 Å². The highest BCUT2D eigenvalue weighted by Gasteiger charge is 2.04. The number of nitrogens with zero attached hydrogens (tertiary/aromatic N) is 1. The van der Waals surface area contributed by atoms with Crippen LogP contribution < -0.4 is 10.5 Å². The number of nitrogens with two attached hydrogens (primary N) is 1. The predicted molar refractivity (Wildman–Crippen MR) is 78.3 cm³/mol. The van der Waals surface area contributed by atoms with Gasteiger partial charge in [-0.15, -0.1) is 0 Å². The Hall–Kier alpha value is -0.910. The summed E-state index contributed by atoms with van der Waals surface area (Å²) in [6.07, 6.45) is 1.75. The zero-order valence-electron chi connectivity index (χ0n) is 9.57. The van der Waals surface area contributed by atoms with Gasteiger partial charge < -0.3 is 10.5 Å². The van der Waals surface area contributed by atoms with Crippen molar-refractivity contribution in [3.05, 3.63) is 56.7 Å². The second-order valence-corrected chi connectivity index (χ2v) is 5.54. The van der Waals surface area contributed by atoms with Crippen molar-refractivity contribution in [2.75, 3.05) is 0 Å². The highest BCUT2D eigenvalue weighted by atomic mass is 79.9. The Kier molecular flexibility index (Phi) is 4.74. The molecule has 94 valence electrons. The number of ether oxygens (including phenoxy) is 1. The summed E-state index contributed by atoms with van der Waals surface area (Å²) in [6.45, 7) is 0.879. The van der Waals surface area contributed by atoms with Gasteiger partial charge in [0, 0.05) is 27.3 Å². The molecule has 2 rings (SSSR count). The lowest BCUT2D eigenvalue weighted by atomic mass is 10.2. The Morgan fingerprint density at radius 1 is 1.11 bits per heavy atom. The van der Waals surface area contributed by atoms with Crippen molar-refractivity contribution in [2.45, 2.75) is 13.2 Å². The van der Waals surface area contributed by atoms with Crippen LogP contribution in [0, 0.1) is 0 Å². The van der Waals surface area contributed by atoms with Crippen LogP contribution in [-0.4, -0.2) is 4.98 Å². The summed E-state index contributed by atoms with van der Waals surface area (Å²) in [5.41, 5.74) is 7.54. The van der Waals surface area contributed by atoms with E-state index in [4.69, 9.17) is 10.5 Å². The smallest absolute Gasteiger partial charge is 0.130 e. The van der Waals surface area contributed by atoms with E-state index in [1.54, 1.807) is 6.20 Å². The summed E-state index contributed by atoms with van der Waals surface area (Å²) >= 11 is 6.76. The van der Waals surface area contributed by atoms with Crippen molar-refractivity contribution < 1.29 is 4.74 Å². The molecular weight excluding hydrogens is 360 g/mol. The first kappa shape index (κ1) is 13.5. The third-order valence-electron chi connectivity index (χ3n) is 2.41. The monoisotopic (exact) mass is 370 g/mol. The third kappa shape index (κ3) is 3.54. The van der Waals surface area contributed by atoms with Crippen LogP contribution in [0.15, 0.2) is 45.5 Å². The fourth-order valence-corrected chi connectivity index (χ4v) is 2.13. The fourth-order valence-electron chi connectivity index (χ4n) is 1.49. The molecule has 5 heteroatoms. The van der Waals surface area contributed by atoms with E-state index in [0.29, 0.717) is 13.2 Å². The molecule has 3 nitrogen and oxygen atoms in total. The van der Waals surface area contributed by atoms with E-state index >= 15 is 0 Å². The maximum Gasteiger partial charge on any atom is 0.130 e. The first-order valence-electron chi connectivity index (χ1n) is 5.41. The van der Waals surface area contributed by atoms with Crippen LogP contribution in [0.2, 0.25) is 0 Å². The topological polar surface area (TPSA) is 48.1 Å². The van der Waals surface area contributed by atoms with E-state index in [-0.39, 0.29) is 0 Å². The van der Waals surface area contributed by atoms with Crippen LogP contribution in [0.5, 0.6) is 5.75 Å². The quantitative estimate of drug-likeness (QED) is 0.892. The van der Waals surface area contributed by atoms with Crippen LogP contribution in [0.4, 0.5) is 0 Å². The molecule has 0 atom stereocenters. The van der Waals surface area contributed by atoms with Crippen LogP contribution in [0.3, 0.4) is 0 Å². The second kappa shape index (κ2) is 6.31. The molecule has 18 heavy (non-hydrogen) atoms. The van der Waals surface area contributed by atoms with Gasteiger partial charge in [0.1, 0.15) is 12.4 Å². The van der Waals surface area contributed by atoms with E-state index in [0.717, 1.165) is 26.0 Å². The molecule has 1 aromatic heterocycles. The van der Waals surface area contributed by atoms with Gasteiger partial charge in [-0.2, -0.15) is 0 Å². The standard InChI is InChI=1S/C13H12Br2N2O/c14-10-2-4-13(9(5-10)6-16)18-8-12-3-1-11(15)7-17-12/h1-5,7H,6,8,16H2. The summed E-state index contributed by atoms with van der Waals surface area (Å²) in [5, 5.41) is 0. The molecule has 0 saturated heterocycles. The number of hydrogen-bond donors (Lipinski definition) is 1. The minimum absolute atomic E-state index is 0.432. The van der Waals surface area contributed by atoms with Crippen LogP contribution in [-0.2, 0) is 13.2 Å². The molecule has 0 saturated carbocycles. The number of halogens is 2. The SMILES string of the molecule is NCc1cc(Br)ccc1OCc1ccc(Br)cn1. The van der Waals surface area contributed by atoms with Gasteiger partial charge in [-0.25, -0.2) is 0 Å². The van der Waals surface area contributed by atoms with Crippen molar-refractivity contribution in [3.63, 3.8) is 0 Å². The van der Waals surface area contributed by atoms with Crippen LogP contribution >= 0.6 is 31.9 Å². The lowest BCUT2D eigenvalue weighted by molar-refractivity contribution is 0.298. The molecule has 0 aliphatic rings. The largest absolute Gasteiger partial charge is 0.487 e. The lowest BCUT2D eigenvalue weighted by Gasteiger charge is -2.10. The maximum absolute atomic E-state index is 5.73. The first-order valence-corrected chi connectivity index (χ1v) is 6.99. The zero-order chi connectivity index (χ0) is 13.0. The summed E-state index contributed by atoms with van der Waals surface area (Å²) in [7, 11) is 0. The Morgan fingerprint density at radius 3 is 2.56 bits per heavy atom. The molecule has 0 spiro atoms. The van der Waals surface area contributed by atoms with Gasteiger partial charge in [-0.3, -0.25) is 4.98 Å². The number of rotatable bonds is 4.